The quantitative estimate of drug-likeness (QED) is 0.538. The van der Waals surface area contributed by atoms with E-state index in [9.17, 15) is 19.5 Å². The summed E-state index contributed by atoms with van der Waals surface area (Å²) >= 11 is 0. The average molecular weight is 341 g/mol. The second-order valence-electron chi connectivity index (χ2n) is 5.25. The van der Waals surface area contributed by atoms with Gasteiger partial charge in [0.2, 0.25) is 5.88 Å². The summed E-state index contributed by atoms with van der Waals surface area (Å²) in [5.74, 6) is -1.28. The Balaban J connectivity index is 2.52. The Bertz CT molecular complexity index is 1010. The Morgan fingerprint density at radius 2 is 2.16 bits per heavy atom. The molecule has 0 unspecified atom stereocenters. The Morgan fingerprint density at radius 1 is 1.44 bits per heavy atom. The molecule has 9 nitrogen and oxygen atoms in total. The molecular formula is C16H15N5O4. The van der Waals surface area contributed by atoms with E-state index in [1.165, 1.54) is 0 Å². The summed E-state index contributed by atoms with van der Waals surface area (Å²) in [6, 6.07) is 6.86. The summed E-state index contributed by atoms with van der Waals surface area (Å²) < 4.78 is 0.939. The highest BCUT2D eigenvalue weighted by molar-refractivity contribution is 5.84. The van der Waals surface area contributed by atoms with Gasteiger partial charge >= 0.3 is 5.69 Å². The van der Waals surface area contributed by atoms with Crippen molar-refractivity contribution in [2.45, 2.75) is 20.3 Å². The fourth-order valence-corrected chi connectivity index (χ4v) is 2.21. The van der Waals surface area contributed by atoms with Crippen LogP contribution in [0.4, 0.5) is 0 Å². The van der Waals surface area contributed by atoms with Gasteiger partial charge in [0.05, 0.1) is 18.0 Å². The molecule has 0 bridgehead atoms. The highest BCUT2D eigenvalue weighted by Gasteiger charge is 2.15. The van der Waals surface area contributed by atoms with Crippen molar-refractivity contribution < 1.29 is 9.90 Å². The number of hydrogen-bond acceptors (Lipinski definition) is 6. The molecule has 3 N–H and O–H groups in total. The molecule has 25 heavy (non-hydrogen) atoms. The molecule has 128 valence electrons. The van der Waals surface area contributed by atoms with Crippen molar-refractivity contribution in [3.63, 3.8) is 0 Å². The molecular weight excluding hydrogens is 326 g/mol. The zero-order valence-corrected chi connectivity index (χ0v) is 13.5. The van der Waals surface area contributed by atoms with Gasteiger partial charge in [0.15, 0.2) is 0 Å². The number of nitrogens with one attached hydrogen (secondary N) is 2. The third-order valence-electron chi connectivity index (χ3n) is 3.34. The zero-order chi connectivity index (χ0) is 18.6. The first-order valence-electron chi connectivity index (χ1n) is 7.20. The second-order valence-corrected chi connectivity index (χ2v) is 5.25. The number of hydrazone groups is 1. The number of rotatable bonds is 4. The van der Waals surface area contributed by atoms with Gasteiger partial charge in [0.25, 0.3) is 11.5 Å². The highest BCUT2D eigenvalue weighted by atomic mass is 16.3. The summed E-state index contributed by atoms with van der Waals surface area (Å²) in [6.45, 7) is 3.64. The normalized spacial score (nSPS) is 10.6. The van der Waals surface area contributed by atoms with Gasteiger partial charge in [-0.3, -0.25) is 14.6 Å². The number of carbonyl (C=O) groups excluding carboxylic acids is 1. The number of aromatic amines is 1. The van der Waals surface area contributed by atoms with Gasteiger partial charge in [0, 0.05) is 0 Å². The van der Waals surface area contributed by atoms with Gasteiger partial charge in [-0.15, -0.1) is 0 Å². The number of benzene rings is 1. The predicted molar refractivity (Wildman–Crippen MR) is 89.8 cm³/mol. The first-order chi connectivity index (χ1) is 11.8. The number of H-pyrrole nitrogens is 1. The van der Waals surface area contributed by atoms with E-state index in [4.69, 9.17) is 5.26 Å². The van der Waals surface area contributed by atoms with Crippen molar-refractivity contribution in [1.29, 1.82) is 5.26 Å². The SMILES string of the molecule is Cc1ccc(-n2c(O)c(C=NNC(=O)CC#N)c(=O)[nH]c2=O)c(C)c1. The highest BCUT2D eigenvalue weighted by Crippen LogP contribution is 2.19. The molecule has 0 radical (unpaired) electrons. The first kappa shape index (κ1) is 17.7. The van der Waals surface area contributed by atoms with E-state index in [0.717, 1.165) is 21.9 Å². The topological polar surface area (TPSA) is 140 Å². The Labute approximate surface area is 141 Å². The van der Waals surface area contributed by atoms with E-state index in [1.54, 1.807) is 25.1 Å². The Kier molecular flexibility index (Phi) is 5.14. The maximum atomic E-state index is 12.1. The molecule has 1 amide bonds. The minimum atomic E-state index is -0.859. The van der Waals surface area contributed by atoms with Crippen LogP contribution >= 0.6 is 0 Å². The summed E-state index contributed by atoms with van der Waals surface area (Å²) in [5, 5.41) is 22.2. The largest absolute Gasteiger partial charge is 0.493 e. The van der Waals surface area contributed by atoms with E-state index < -0.39 is 29.5 Å². The number of carbonyl (C=O) groups is 1. The molecule has 0 fully saturated rings. The lowest BCUT2D eigenvalue weighted by Gasteiger charge is -2.12. The van der Waals surface area contributed by atoms with Crippen molar-refractivity contribution in [2.24, 2.45) is 5.10 Å². The lowest BCUT2D eigenvalue weighted by Crippen LogP contribution is -2.32. The number of nitriles is 1. The van der Waals surface area contributed by atoms with E-state index in [1.807, 2.05) is 18.4 Å². The number of aryl methyl sites for hydroxylation is 2. The van der Waals surface area contributed by atoms with Crippen molar-refractivity contribution in [3.05, 3.63) is 55.7 Å². The first-order valence-corrected chi connectivity index (χ1v) is 7.20. The van der Waals surface area contributed by atoms with Crippen LogP contribution in [-0.2, 0) is 4.79 Å². The van der Waals surface area contributed by atoms with Crippen molar-refractivity contribution in [3.8, 4) is 17.6 Å². The predicted octanol–water partition coefficient (Wildman–Crippen LogP) is 0.212. The molecule has 1 heterocycles. The summed E-state index contributed by atoms with van der Waals surface area (Å²) in [5.41, 5.74) is 2.15. The third kappa shape index (κ3) is 3.81. The molecule has 0 aliphatic rings. The molecule has 9 heteroatoms. The molecule has 2 aromatic rings. The summed E-state index contributed by atoms with van der Waals surface area (Å²) in [7, 11) is 0. The van der Waals surface area contributed by atoms with Crippen LogP contribution in [0, 0.1) is 25.2 Å². The molecule has 0 saturated carbocycles. The summed E-state index contributed by atoms with van der Waals surface area (Å²) in [6.07, 6.45) is 0.505. The van der Waals surface area contributed by atoms with Crippen molar-refractivity contribution in [2.75, 3.05) is 0 Å². The van der Waals surface area contributed by atoms with E-state index >= 15 is 0 Å². The lowest BCUT2D eigenvalue weighted by molar-refractivity contribution is -0.120. The van der Waals surface area contributed by atoms with Crippen LogP contribution in [-0.4, -0.2) is 26.8 Å². The lowest BCUT2D eigenvalue weighted by atomic mass is 10.1. The number of hydrogen-bond donors (Lipinski definition) is 3. The number of amides is 1. The molecule has 0 spiro atoms. The van der Waals surface area contributed by atoms with Gasteiger partial charge < -0.3 is 5.11 Å². The minimum absolute atomic E-state index is 0.308. The fourth-order valence-electron chi connectivity index (χ4n) is 2.21. The van der Waals surface area contributed by atoms with Gasteiger partial charge in [-0.2, -0.15) is 10.4 Å². The monoisotopic (exact) mass is 341 g/mol. The van der Waals surface area contributed by atoms with Crippen molar-refractivity contribution >= 4 is 12.1 Å². The Hall–Kier alpha value is -3.67. The average Bonchev–Trinajstić information content (AvgIpc) is 2.52. The number of aromatic nitrogens is 2. The van der Waals surface area contributed by atoms with Crippen LogP contribution < -0.4 is 16.7 Å². The fraction of sp³-hybridized carbons (Fsp3) is 0.188. The molecule has 0 saturated heterocycles. The van der Waals surface area contributed by atoms with Gasteiger partial charge in [-0.05, 0) is 25.5 Å². The number of nitrogens with zero attached hydrogens (tertiary/aromatic N) is 3. The van der Waals surface area contributed by atoms with E-state index in [-0.39, 0.29) is 5.56 Å². The van der Waals surface area contributed by atoms with E-state index in [2.05, 4.69) is 10.1 Å². The number of aromatic hydroxyl groups is 1. The maximum Gasteiger partial charge on any atom is 0.335 e. The Morgan fingerprint density at radius 3 is 2.80 bits per heavy atom. The second kappa shape index (κ2) is 7.27. The van der Waals surface area contributed by atoms with E-state index in [0.29, 0.717) is 5.69 Å². The molecule has 2 rings (SSSR count). The smallest absolute Gasteiger partial charge is 0.335 e. The zero-order valence-electron chi connectivity index (χ0n) is 13.5. The van der Waals surface area contributed by atoms with Gasteiger partial charge in [-0.1, -0.05) is 17.7 Å². The molecule has 0 atom stereocenters. The van der Waals surface area contributed by atoms with Crippen molar-refractivity contribution in [1.82, 2.24) is 15.0 Å². The molecule has 1 aromatic carbocycles. The summed E-state index contributed by atoms with van der Waals surface area (Å²) in [4.78, 5) is 37.3. The van der Waals surface area contributed by atoms with Crippen LogP contribution in [0.25, 0.3) is 5.69 Å². The third-order valence-corrected chi connectivity index (χ3v) is 3.34. The standard InChI is InChI=1S/C16H15N5O4/c1-9-3-4-12(10(2)7-9)21-15(24)11(14(23)19-16(21)25)8-18-20-13(22)5-6-17/h3-4,7-8,24H,5H2,1-2H3,(H,20,22)(H,19,23,25). The van der Waals surface area contributed by atoms with Gasteiger partial charge in [0.1, 0.15) is 12.0 Å². The van der Waals surface area contributed by atoms with Crippen LogP contribution in [0.15, 0.2) is 32.9 Å². The maximum absolute atomic E-state index is 12.1. The van der Waals surface area contributed by atoms with Crippen LogP contribution in [0.5, 0.6) is 5.88 Å². The van der Waals surface area contributed by atoms with Gasteiger partial charge in [-0.25, -0.2) is 14.8 Å². The molecule has 0 aliphatic heterocycles. The minimum Gasteiger partial charge on any atom is -0.493 e. The van der Waals surface area contributed by atoms with Crippen LogP contribution in [0.2, 0.25) is 0 Å². The van der Waals surface area contributed by atoms with Crippen LogP contribution in [0.3, 0.4) is 0 Å². The molecule has 0 aliphatic carbocycles. The molecule has 1 aromatic heterocycles. The van der Waals surface area contributed by atoms with Crippen LogP contribution in [0.1, 0.15) is 23.1 Å².